The number of hydrogen-bond acceptors (Lipinski definition) is 7. The van der Waals surface area contributed by atoms with Gasteiger partial charge in [-0.05, 0) is 30.3 Å². The van der Waals surface area contributed by atoms with Gasteiger partial charge in [-0.15, -0.1) is 0 Å². The van der Waals surface area contributed by atoms with Gasteiger partial charge in [-0.25, -0.2) is 9.97 Å². The summed E-state index contributed by atoms with van der Waals surface area (Å²) in [6, 6.07) is 9.52. The normalized spacial score (nSPS) is 10.4. The van der Waals surface area contributed by atoms with Crippen LogP contribution in [0.15, 0.2) is 47.2 Å². The van der Waals surface area contributed by atoms with Crippen LogP contribution < -0.4 is 14.8 Å². The summed E-state index contributed by atoms with van der Waals surface area (Å²) < 4.78 is 11.2. The molecule has 9 nitrogen and oxygen atoms in total. The molecule has 0 spiro atoms. The number of methoxy groups -OCH3 is 1. The highest BCUT2D eigenvalue weighted by molar-refractivity contribution is 9.10. The first-order chi connectivity index (χ1) is 13.0. The molecule has 1 aromatic heterocycles. The third kappa shape index (κ3) is 4.29. The Morgan fingerprint density at radius 3 is 2.81 bits per heavy atom. The van der Waals surface area contributed by atoms with Crippen molar-refractivity contribution in [3.8, 4) is 11.6 Å². The molecule has 0 aliphatic rings. The van der Waals surface area contributed by atoms with Gasteiger partial charge in [0, 0.05) is 4.47 Å². The van der Waals surface area contributed by atoms with E-state index in [1.807, 2.05) is 6.07 Å². The van der Waals surface area contributed by atoms with Gasteiger partial charge in [-0.2, -0.15) is 0 Å². The third-order valence-electron chi connectivity index (χ3n) is 3.58. The topological polar surface area (TPSA) is 116 Å². The third-order valence-corrected chi connectivity index (χ3v) is 4.07. The zero-order valence-corrected chi connectivity index (χ0v) is 15.6. The number of aromatic nitrogens is 2. The van der Waals surface area contributed by atoms with Gasteiger partial charge in [0.15, 0.2) is 6.61 Å². The molecular formula is C17H13BrN4O5. The van der Waals surface area contributed by atoms with E-state index in [1.54, 1.807) is 12.1 Å². The molecule has 0 aliphatic heterocycles. The van der Waals surface area contributed by atoms with Gasteiger partial charge in [0.05, 0.1) is 29.0 Å². The smallest absolute Gasteiger partial charge is 0.296 e. The number of halogens is 1. The van der Waals surface area contributed by atoms with E-state index in [9.17, 15) is 14.9 Å². The van der Waals surface area contributed by atoms with Crippen LogP contribution in [0.1, 0.15) is 0 Å². The quantitative estimate of drug-likeness (QED) is 0.468. The van der Waals surface area contributed by atoms with Crippen LogP contribution in [0.4, 0.5) is 11.4 Å². The predicted molar refractivity (Wildman–Crippen MR) is 101 cm³/mol. The lowest BCUT2D eigenvalue weighted by Gasteiger charge is -2.09. The number of nitro groups is 1. The molecule has 0 bridgehead atoms. The molecule has 0 saturated heterocycles. The number of amides is 1. The van der Waals surface area contributed by atoms with Crippen LogP contribution in [0, 0.1) is 10.1 Å². The van der Waals surface area contributed by atoms with Crippen LogP contribution in [0.3, 0.4) is 0 Å². The van der Waals surface area contributed by atoms with E-state index in [2.05, 4.69) is 31.2 Å². The molecule has 10 heteroatoms. The van der Waals surface area contributed by atoms with Crippen LogP contribution in [-0.4, -0.2) is 34.5 Å². The first-order valence-corrected chi connectivity index (χ1v) is 8.42. The molecule has 138 valence electrons. The van der Waals surface area contributed by atoms with Crippen molar-refractivity contribution in [2.45, 2.75) is 0 Å². The summed E-state index contributed by atoms with van der Waals surface area (Å²) in [6.07, 6.45) is 1.33. The average Bonchev–Trinajstić information content (AvgIpc) is 2.66. The first kappa shape index (κ1) is 18.5. The number of hydrogen-bond donors (Lipinski definition) is 1. The fourth-order valence-corrected chi connectivity index (χ4v) is 2.70. The van der Waals surface area contributed by atoms with E-state index in [-0.39, 0.29) is 23.9 Å². The van der Waals surface area contributed by atoms with Gasteiger partial charge in [-0.1, -0.05) is 15.9 Å². The Bertz CT molecular complexity index is 1030. The summed E-state index contributed by atoms with van der Waals surface area (Å²) in [7, 11) is 1.40. The molecule has 0 radical (unpaired) electrons. The summed E-state index contributed by atoms with van der Waals surface area (Å²) >= 11 is 3.36. The van der Waals surface area contributed by atoms with Gasteiger partial charge < -0.3 is 14.8 Å². The summed E-state index contributed by atoms with van der Waals surface area (Å²) in [4.78, 5) is 30.9. The SMILES string of the molecule is COc1ccc(NC(=O)COc2ncnc3ccc(Br)cc23)c([N+](=O)[O-])c1. The van der Waals surface area contributed by atoms with Crippen molar-refractivity contribution in [1.29, 1.82) is 0 Å². The molecule has 3 rings (SSSR count). The molecule has 1 heterocycles. The van der Waals surface area contributed by atoms with E-state index in [1.165, 1.54) is 31.6 Å². The Kier molecular flexibility index (Phi) is 5.46. The van der Waals surface area contributed by atoms with Crippen molar-refractivity contribution in [3.05, 3.63) is 57.3 Å². The van der Waals surface area contributed by atoms with Gasteiger partial charge in [0.1, 0.15) is 17.8 Å². The summed E-state index contributed by atoms with van der Waals surface area (Å²) in [5.74, 6) is -0.0142. The van der Waals surface area contributed by atoms with E-state index in [4.69, 9.17) is 9.47 Å². The van der Waals surface area contributed by atoms with Crippen molar-refractivity contribution in [1.82, 2.24) is 9.97 Å². The number of ether oxygens (including phenoxy) is 2. The number of benzene rings is 2. The van der Waals surface area contributed by atoms with Crippen LogP contribution in [0.5, 0.6) is 11.6 Å². The van der Waals surface area contributed by atoms with E-state index < -0.39 is 10.8 Å². The van der Waals surface area contributed by atoms with E-state index in [0.717, 1.165) is 4.47 Å². The van der Waals surface area contributed by atoms with Gasteiger partial charge in [0.2, 0.25) is 5.88 Å². The number of nitro benzene ring substituents is 1. The highest BCUT2D eigenvalue weighted by atomic mass is 79.9. The number of anilines is 1. The average molecular weight is 433 g/mol. The van der Waals surface area contributed by atoms with Gasteiger partial charge >= 0.3 is 0 Å². The summed E-state index contributed by atoms with van der Waals surface area (Å²) in [6.45, 7) is -0.373. The monoisotopic (exact) mass is 432 g/mol. The van der Waals surface area contributed by atoms with Gasteiger partial charge in [-0.3, -0.25) is 14.9 Å². The minimum atomic E-state index is -0.603. The van der Waals surface area contributed by atoms with Crippen molar-refractivity contribution < 1.29 is 19.2 Å². The second-order valence-electron chi connectivity index (χ2n) is 5.32. The maximum atomic E-state index is 12.2. The highest BCUT2D eigenvalue weighted by Crippen LogP contribution is 2.29. The Hall–Kier alpha value is -3.27. The van der Waals surface area contributed by atoms with Crippen molar-refractivity contribution >= 4 is 44.1 Å². The molecule has 27 heavy (non-hydrogen) atoms. The summed E-state index contributed by atoms with van der Waals surface area (Å²) in [5.41, 5.74) is 0.429. The molecule has 0 atom stereocenters. The van der Waals surface area contributed by atoms with Crippen molar-refractivity contribution in [2.75, 3.05) is 19.0 Å². The fourth-order valence-electron chi connectivity index (χ4n) is 2.34. The van der Waals surface area contributed by atoms with Crippen LogP contribution in [-0.2, 0) is 4.79 Å². The lowest BCUT2D eigenvalue weighted by Crippen LogP contribution is -2.21. The van der Waals surface area contributed by atoms with Crippen LogP contribution in [0.25, 0.3) is 10.9 Å². The summed E-state index contributed by atoms with van der Waals surface area (Å²) in [5, 5.41) is 14.3. The Labute approximate surface area is 161 Å². The Balaban J connectivity index is 1.74. The van der Waals surface area contributed by atoms with E-state index >= 15 is 0 Å². The highest BCUT2D eigenvalue weighted by Gasteiger charge is 2.18. The Morgan fingerprint density at radius 1 is 1.26 bits per heavy atom. The largest absolute Gasteiger partial charge is 0.496 e. The van der Waals surface area contributed by atoms with Crippen LogP contribution >= 0.6 is 15.9 Å². The minimum Gasteiger partial charge on any atom is -0.496 e. The first-order valence-electron chi connectivity index (χ1n) is 7.63. The maximum Gasteiger partial charge on any atom is 0.296 e. The zero-order chi connectivity index (χ0) is 19.4. The second-order valence-corrected chi connectivity index (χ2v) is 6.23. The number of nitrogens with zero attached hydrogens (tertiary/aromatic N) is 3. The molecule has 0 fully saturated rings. The molecule has 2 aromatic carbocycles. The molecule has 3 aromatic rings. The lowest BCUT2D eigenvalue weighted by atomic mass is 10.2. The van der Waals surface area contributed by atoms with E-state index in [0.29, 0.717) is 16.7 Å². The number of rotatable bonds is 6. The van der Waals surface area contributed by atoms with Crippen molar-refractivity contribution in [3.63, 3.8) is 0 Å². The molecule has 0 aliphatic carbocycles. The molecule has 0 unspecified atom stereocenters. The minimum absolute atomic E-state index is 0.0460. The Morgan fingerprint density at radius 2 is 2.07 bits per heavy atom. The second kappa shape index (κ2) is 7.96. The molecule has 1 N–H and O–H groups in total. The number of fused-ring (bicyclic) bond motifs is 1. The van der Waals surface area contributed by atoms with Crippen molar-refractivity contribution in [2.24, 2.45) is 0 Å². The number of nitrogens with one attached hydrogen (secondary N) is 1. The standard InChI is InChI=1S/C17H13BrN4O5/c1-26-11-3-5-14(15(7-11)22(24)25)21-16(23)8-27-17-12-6-10(18)2-4-13(12)19-9-20-17/h2-7,9H,8H2,1H3,(H,21,23). The lowest BCUT2D eigenvalue weighted by molar-refractivity contribution is -0.384. The zero-order valence-electron chi connectivity index (χ0n) is 14.0. The maximum absolute atomic E-state index is 12.2. The molecule has 1 amide bonds. The number of carbonyl (C=O) groups is 1. The number of carbonyl (C=O) groups excluding carboxylic acids is 1. The van der Waals surface area contributed by atoms with Crippen LogP contribution in [0.2, 0.25) is 0 Å². The fraction of sp³-hybridized carbons (Fsp3) is 0.118. The van der Waals surface area contributed by atoms with Gasteiger partial charge in [0.25, 0.3) is 11.6 Å². The molecule has 0 saturated carbocycles. The molecular weight excluding hydrogens is 420 g/mol. The predicted octanol–water partition coefficient (Wildman–Crippen LogP) is 3.33.